The Kier molecular flexibility index (Phi) is 4.89. The van der Waals surface area contributed by atoms with Crippen molar-refractivity contribution in [3.63, 3.8) is 0 Å². The van der Waals surface area contributed by atoms with Crippen LogP contribution < -0.4 is 4.74 Å². The number of carbonyl (C=O) groups excluding carboxylic acids is 1. The fraction of sp³-hybridized carbons (Fsp3) is 0.429. The third kappa shape index (κ3) is 2.88. The van der Waals surface area contributed by atoms with Crippen LogP contribution in [0.25, 0.3) is 0 Å². The highest BCUT2D eigenvalue weighted by Gasteiger charge is 2.21. The van der Waals surface area contributed by atoms with Gasteiger partial charge in [-0.3, -0.25) is 4.79 Å². The fourth-order valence-corrected chi connectivity index (χ4v) is 2.03. The third-order valence-corrected chi connectivity index (χ3v) is 3.12. The highest BCUT2D eigenvalue weighted by atomic mass is 16.5. The summed E-state index contributed by atoms with van der Waals surface area (Å²) in [4.78, 5) is 22.4. The zero-order valence-electron chi connectivity index (χ0n) is 10.9. The van der Waals surface area contributed by atoms with Gasteiger partial charge >= 0.3 is 5.97 Å². The first-order valence-electron chi connectivity index (χ1n) is 6.00. The number of rotatable bonds is 6. The summed E-state index contributed by atoms with van der Waals surface area (Å²) in [7, 11) is 1.42. The van der Waals surface area contributed by atoms with Crippen LogP contribution >= 0.6 is 0 Å². The third-order valence-electron chi connectivity index (χ3n) is 3.12. The monoisotopic (exact) mass is 250 g/mol. The molecule has 1 rings (SSSR count). The molecule has 18 heavy (non-hydrogen) atoms. The molecule has 0 saturated heterocycles. The lowest BCUT2D eigenvalue weighted by Gasteiger charge is -2.15. The van der Waals surface area contributed by atoms with Gasteiger partial charge in [0.2, 0.25) is 0 Å². The summed E-state index contributed by atoms with van der Waals surface area (Å²) in [5.41, 5.74) is 1.10. The van der Waals surface area contributed by atoms with Crippen LogP contribution in [0, 0.1) is 0 Å². The van der Waals surface area contributed by atoms with Crippen LogP contribution in [0.15, 0.2) is 18.2 Å². The van der Waals surface area contributed by atoms with Crippen molar-refractivity contribution in [2.45, 2.75) is 32.6 Å². The van der Waals surface area contributed by atoms with E-state index in [0.717, 1.165) is 18.4 Å². The average molecular weight is 250 g/mol. The standard InChI is InChI=1S/C14H18O4/c1-4-9(5-2)10-6-7-12(18-3)11(8-10)13(15)14(16)17/h6-9H,4-5H2,1-3H3,(H,16,17). The van der Waals surface area contributed by atoms with Crippen LogP contribution in [-0.2, 0) is 4.79 Å². The Bertz CT molecular complexity index is 447. The number of carbonyl (C=O) groups is 2. The number of Topliss-reactive ketones (excluding diaryl/α,β-unsaturated/α-hetero) is 1. The van der Waals surface area contributed by atoms with Crippen molar-refractivity contribution in [2.24, 2.45) is 0 Å². The Morgan fingerprint density at radius 3 is 2.33 bits per heavy atom. The summed E-state index contributed by atoms with van der Waals surface area (Å²) in [6.45, 7) is 4.13. The van der Waals surface area contributed by atoms with Gasteiger partial charge in [-0.1, -0.05) is 19.9 Å². The molecule has 0 unspecified atom stereocenters. The molecule has 0 radical (unpaired) electrons. The van der Waals surface area contributed by atoms with Gasteiger partial charge in [0.15, 0.2) is 0 Å². The lowest BCUT2D eigenvalue weighted by Crippen LogP contribution is -2.14. The first kappa shape index (κ1) is 14.2. The summed E-state index contributed by atoms with van der Waals surface area (Å²) < 4.78 is 5.03. The van der Waals surface area contributed by atoms with Gasteiger partial charge in [-0.15, -0.1) is 0 Å². The van der Waals surface area contributed by atoms with Crippen molar-refractivity contribution >= 4 is 11.8 Å². The number of carboxylic acid groups (broad SMARTS) is 1. The van der Waals surface area contributed by atoms with Crippen LogP contribution in [0.2, 0.25) is 0 Å². The summed E-state index contributed by atoms with van der Waals surface area (Å²) in [5.74, 6) is -1.76. The molecule has 4 heteroatoms. The maximum atomic E-state index is 11.6. The van der Waals surface area contributed by atoms with Crippen LogP contribution in [0.5, 0.6) is 5.75 Å². The molecule has 0 saturated carbocycles. The van der Waals surface area contributed by atoms with Gasteiger partial charge < -0.3 is 9.84 Å². The Balaban J connectivity index is 3.25. The molecule has 0 bridgehead atoms. The normalized spacial score (nSPS) is 10.4. The minimum atomic E-state index is -1.46. The van der Waals surface area contributed by atoms with Gasteiger partial charge in [-0.05, 0) is 36.5 Å². The van der Waals surface area contributed by atoms with E-state index in [1.807, 2.05) is 6.07 Å². The van der Waals surface area contributed by atoms with Crippen molar-refractivity contribution in [3.8, 4) is 5.75 Å². The predicted octanol–water partition coefficient (Wildman–Crippen LogP) is 2.87. The molecule has 1 aromatic carbocycles. The summed E-state index contributed by atoms with van der Waals surface area (Å²) >= 11 is 0. The molecule has 0 spiro atoms. The second-order valence-corrected chi connectivity index (χ2v) is 4.11. The van der Waals surface area contributed by atoms with Gasteiger partial charge in [0.25, 0.3) is 5.78 Å². The highest BCUT2D eigenvalue weighted by molar-refractivity contribution is 6.40. The van der Waals surface area contributed by atoms with E-state index in [2.05, 4.69) is 13.8 Å². The minimum absolute atomic E-state index is 0.120. The lowest BCUT2D eigenvalue weighted by molar-refractivity contribution is -0.131. The van der Waals surface area contributed by atoms with Gasteiger partial charge in [0.05, 0.1) is 12.7 Å². The predicted molar refractivity (Wildman–Crippen MR) is 68.3 cm³/mol. The largest absolute Gasteiger partial charge is 0.496 e. The molecular formula is C14H18O4. The summed E-state index contributed by atoms with van der Waals surface area (Å²) in [5, 5.41) is 8.79. The molecule has 1 aromatic rings. The first-order chi connectivity index (χ1) is 8.54. The van der Waals surface area contributed by atoms with Crippen LogP contribution in [-0.4, -0.2) is 24.0 Å². The van der Waals surface area contributed by atoms with Gasteiger partial charge in [-0.25, -0.2) is 4.79 Å². The van der Waals surface area contributed by atoms with E-state index in [1.54, 1.807) is 12.1 Å². The molecule has 0 heterocycles. The van der Waals surface area contributed by atoms with Crippen LogP contribution in [0.1, 0.15) is 48.5 Å². The molecule has 0 aliphatic heterocycles. The lowest BCUT2D eigenvalue weighted by atomic mass is 9.91. The SMILES string of the molecule is CCC(CC)c1ccc(OC)c(C(=O)C(=O)O)c1. The van der Waals surface area contributed by atoms with E-state index in [9.17, 15) is 9.59 Å². The number of aliphatic carboxylic acids is 1. The van der Waals surface area contributed by atoms with Crippen molar-refractivity contribution in [2.75, 3.05) is 7.11 Å². The number of carboxylic acids is 1. The van der Waals surface area contributed by atoms with Crippen LogP contribution in [0.3, 0.4) is 0 Å². The van der Waals surface area contributed by atoms with E-state index >= 15 is 0 Å². The average Bonchev–Trinajstić information content (AvgIpc) is 2.39. The van der Waals surface area contributed by atoms with E-state index in [1.165, 1.54) is 7.11 Å². The van der Waals surface area contributed by atoms with E-state index in [0.29, 0.717) is 11.7 Å². The van der Waals surface area contributed by atoms with Crippen molar-refractivity contribution < 1.29 is 19.4 Å². The Hall–Kier alpha value is -1.84. The van der Waals surface area contributed by atoms with Crippen molar-refractivity contribution in [1.82, 2.24) is 0 Å². The minimum Gasteiger partial charge on any atom is -0.496 e. The Morgan fingerprint density at radius 1 is 1.28 bits per heavy atom. The summed E-state index contributed by atoms with van der Waals surface area (Å²) in [6, 6.07) is 5.17. The smallest absolute Gasteiger partial charge is 0.377 e. The molecule has 0 amide bonds. The number of hydrogen-bond acceptors (Lipinski definition) is 3. The fourth-order valence-electron chi connectivity index (χ4n) is 2.03. The van der Waals surface area contributed by atoms with E-state index < -0.39 is 11.8 Å². The summed E-state index contributed by atoms with van der Waals surface area (Å²) in [6.07, 6.45) is 1.90. The van der Waals surface area contributed by atoms with E-state index in [4.69, 9.17) is 9.84 Å². The second kappa shape index (κ2) is 6.19. The number of benzene rings is 1. The quantitative estimate of drug-likeness (QED) is 0.623. The second-order valence-electron chi connectivity index (χ2n) is 4.11. The molecule has 1 N–H and O–H groups in total. The number of hydrogen-bond donors (Lipinski definition) is 1. The first-order valence-corrected chi connectivity index (χ1v) is 6.00. The molecule has 4 nitrogen and oxygen atoms in total. The van der Waals surface area contributed by atoms with Gasteiger partial charge in [0, 0.05) is 0 Å². The van der Waals surface area contributed by atoms with E-state index in [-0.39, 0.29) is 5.56 Å². The highest BCUT2D eigenvalue weighted by Crippen LogP contribution is 2.28. The van der Waals surface area contributed by atoms with Gasteiger partial charge in [-0.2, -0.15) is 0 Å². The molecule has 0 aromatic heterocycles. The van der Waals surface area contributed by atoms with Crippen molar-refractivity contribution in [3.05, 3.63) is 29.3 Å². The number of methoxy groups -OCH3 is 1. The molecule has 98 valence electrons. The molecular weight excluding hydrogens is 232 g/mol. The van der Waals surface area contributed by atoms with Gasteiger partial charge in [0.1, 0.15) is 5.75 Å². The zero-order chi connectivity index (χ0) is 13.7. The number of ether oxygens (including phenoxy) is 1. The molecule has 0 atom stereocenters. The maximum Gasteiger partial charge on any atom is 0.377 e. The zero-order valence-corrected chi connectivity index (χ0v) is 10.9. The molecule has 0 aliphatic carbocycles. The molecule has 0 aliphatic rings. The molecule has 0 fully saturated rings. The Morgan fingerprint density at radius 2 is 1.89 bits per heavy atom. The van der Waals surface area contributed by atoms with Crippen LogP contribution in [0.4, 0.5) is 0 Å². The topological polar surface area (TPSA) is 63.6 Å². The number of ketones is 1. The maximum absolute atomic E-state index is 11.6. The Labute approximate surface area is 107 Å². The van der Waals surface area contributed by atoms with Crippen molar-refractivity contribution in [1.29, 1.82) is 0 Å².